The molecule has 1 heterocycles. The predicted molar refractivity (Wildman–Crippen MR) is 82.3 cm³/mol. The lowest BCUT2D eigenvalue weighted by Gasteiger charge is -2.06. The highest BCUT2D eigenvalue weighted by Gasteiger charge is 2.15. The van der Waals surface area contributed by atoms with Gasteiger partial charge < -0.3 is 14.3 Å². The van der Waals surface area contributed by atoms with Crippen LogP contribution in [0.3, 0.4) is 0 Å². The van der Waals surface area contributed by atoms with E-state index in [1.807, 2.05) is 6.92 Å². The molecular weight excluding hydrogens is 270 g/mol. The van der Waals surface area contributed by atoms with Crippen molar-refractivity contribution < 1.29 is 14.3 Å². The van der Waals surface area contributed by atoms with Crippen LogP contribution in [-0.4, -0.2) is 30.6 Å². The molecule has 0 saturated heterocycles. The van der Waals surface area contributed by atoms with Crippen molar-refractivity contribution >= 4 is 16.7 Å². The molecule has 0 atom stereocenters. The Morgan fingerprint density at radius 3 is 2.90 bits per heavy atom. The van der Waals surface area contributed by atoms with Crippen LogP contribution in [0, 0.1) is 0 Å². The molecule has 0 bridgehead atoms. The molecule has 2 aromatic rings. The summed E-state index contributed by atoms with van der Waals surface area (Å²) in [5, 5.41) is 10.8. The van der Waals surface area contributed by atoms with Crippen LogP contribution in [0.15, 0.2) is 38.5 Å². The Balaban J connectivity index is 2.28. The third-order valence-corrected chi connectivity index (χ3v) is 3.15. The van der Waals surface area contributed by atoms with E-state index in [1.54, 1.807) is 31.2 Å². The highest BCUT2D eigenvalue weighted by atomic mass is 16.5. The van der Waals surface area contributed by atoms with Gasteiger partial charge in [0.2, 0.25) is 0 Å². The lowest BCUT2D eigenvalue weighted by molar-refractivity contribution is 0.146. The van der Waals surface area contributed by atoms with Gasteiger partial charge in [-0.1, -0.05) is 12.1 Å². The molecule has 0 radical (unpaired) electrons. The highest BCUT2D eigenvalue weighted by Crippen LogP contribution is 2.26. The standard InChI is InChI=1S/C16H19NO4/c1-3-20-10-6-9-17-11(2)14-15(18)12-7-4-5-8-13(12)21-16(14)19/h4-5,7-8,18H,3,6,9-10H2,1-2H3. The number of hydrogen-bond acceptors (Lipinski definition) is 5. The monoisotopic (exact) mass is 289 g/mol. The number of para-hydroxylation sites is 1. The van der Waals surface area contributed by atoms with E-state index in [0.717, 1.165) is 6.42 Å². The highest BCUT2D eigenvalue weighted by molar-refractivity contribution is 6.04. The van der Waals surface area contributed by atoms with Crippen LogP contribution in [0.5, 0.6) is 5.75 Å². The first-order chi connectivity index (χ1) is 10.1. The second kappa shape index (κ2) is 7.04. The SMILES string of the molecule is CCOCCCN=C(C)c1c(O)c2ccccc2oc1=O. The van der Waals surface area contributed by atoms with E-state index in [1.165, 1.54) is 0 Å². The molecule has 0 aliphatic carbocycles. The summed E-state index contributed by atoms with van der Waals surface area (Å²) in [5.74, 6) is -0.0760. The fourth-order valence-electron chi connectivity index (χ4n) is 2.09. The van der Waals surface area contributed by atoms with Gasteiger partial charge in [0, 0.05) is 19.8 Å². The first kappa shape index (κ1) is 15.3. The van der Waals surface area contributed by atoms with Crippen molar-refractivity contribution in [2.24, 2.45) is 4.99 Å². The average Bonchev–Trinajstić information content (AvgIpc) is 2.47. The number of rotatable bonds is 6. The Bertz CT molecular complexity index is 703. The van der Waals surface area contributed by atoms with Crippen LogP contribution >= 0.6 is 0 Å². The summed E-state index contributed by atoms with van der Waals surface area (Å²) in [6, 6.07) is 6.88. The maximum absolute atomic E-state index is 12.0. The molecule has 0 fully saturated rings. The molecule has 2 rings (SSSR count). The molecular formula is C16H19NO4. The minimum Gasteiger partial charge on any atom is -0.506 e. The van der Waals surface area contributed by atoms with Gasteiger partial charge in [0.05, 0.1) is 11.1 Å². The molecule has 5 nitrogen and oxygen atoms in total. The summed E-state index contributed by atoms with van der Waals surface area (Å²) in [6.45, 7) is 5.48. The third-order valence-electron chi connectivity index (χ3n) is 3.15. The van der Waals surface area contributed by atoms with Crippen molar-refractivity contribution in [2.75, 3.05) is 19.8 Å². The zero-order valence-electron chi connectivity index (χ0n) is 12.3. The Morgan fingerprint density at radius 1 is 1.38 bits per heavy atom. The lowest BCUT2D eigenvalue weighted by atomic mass is 10.1. The van der Waals surface area contributed by atoms with Gasteiger partial charge >= 0.3 is 5.63 Å². The summed E-state index contributed by atoms with van der Waals surface area (Å²) in [6.07, 6.45) is 0.769. The molecule has 112 valence electrons. The first-order valence-corrected chi connectivity index (χ1v) is 6.99. The van der Waals surface area contributed by atoms with Crippen molar-refractivity contribution in [3.8, 4) is 5.75 Å². The molecule has 0 spiro atoms. The second-order valence-electron chi connectivity index (χ2n) is 4.63. The largest absolute Gasteiger partial charge is 0.506 e. The van der Waals surface area contributed by atoms with Crippen molar-refractivity contribution in [3.05, 3.63) is 40.2 Å². The zero-order valence-corrected chi connectivity index (χ0v) is 12.3. The van der Waals surface area contributed by atoms with Gasteiger partial charge in [0.25, 0.3) is 0 Å². The molecule has 1 aromatic carbocycles. The molecule has 0 aliphatic rings. The minimum atomic E-state index is -0.572. The van der Waals surface area contributed by atoms with Gasteiger partial charge in [0.1, 0.15) is 16.9 Å². The molecule has 0 aliphatic heterocycles. The van der Waals surface area contributed by atoms with Crippen LogP contribution in [0.2, 0.25) is 0 Å². The Labute approximate surface area is 122 Å². The van der Waals surface area contributed by atoms with Gasteiger partial charge in [0.15, 0.2) is 0 Å². The molecule has 0 unspecified atom stereocenters. The Hall–Kier alpha value is -2.14. The van der Waals surface area contributed by atoms with Gasteiger partial charge in [-0.2, -0.15) is 0 Å². The van der Waals surface area contributed by atoms with Crippen LogP contribution < -0.4 is 5.63 Å². The van der Waals surface area contributed by atoms with Gasteiger partial charge in [-0.25, -0.2) is 4.79 Å². The summed E-state index contributed by atoms with van der Waals surface area (Å²) < 4.78 is 10.4. The fourth-order valence-corrected chi connectivity index (χ4v) is 2.09. The van der Waals surface area contributed by atoms with Gasteiger partial charge in [-0.15, -0.1) is 0 Å². The normalized spacial score (nSPS) is 12.0. The topological polar surface area (TPSA) is 72.0 Å². The number of aliphatic imine (C=N–C) groups is 1. The molecule has 1 N–H and O–H groups in total. The van der Waals surface area contributed by atoms with Crippen molar-refractivity contribution in [3.63, 3.8) is 0 Å². The maximum Gasteiger partial charge on any atom is 0.349 e. The summed E-state index contributed by atoms with van der Waals surface area (Å²) >= 11 is 0. The number of aromatic hydroxyl groups is 1. The molecule has 21 heavy (non-hydrogen) atoms. The van der Waals surface area contributed by atoms with Crippen LogP contribution in [0.25, 0.3) is 11.0 Å². The summed E-state index contributed by atoms with van der Waals surface area (Å²) in [7, 11) is 0. The summed E-state index contributed by atoms with van der Waals surface area (Å²) in [4.78, 5) is 16.3. The van der Waals surface area contributed by atoms with E-state index in [9.17, 15) is 9.90 Å². The van der Waals surface area contributed by atoms with E-state index >= 15 is 0 Å². The van der Waals surface area contributed by atoms with E-state index in [0.29, 0.717) is 36.4 Å². The number of nitrogens with zero attached hydrogens (tertiary/aromatic N) is 1. The number of benzene rings is 1. The lowest BCUT2D eigenvalue weighted by Crippen LogP contribution is -2.13. The second-order valence-corrected chi connectivity index (χ2v) is 4.63. The van der Waals surface area contributed by atoms with Gasteiger partial charge in [-0.05, 0) is 32.4 Å². The fraction of sp³-hybridized carbons (Fsp3) is 0.375. The van der Waals surface area contributed by atoms with Crippen LogP contribution in [0.1, 0.15) is 25.8 Å². The Morgan fingerprint density at radius 2 is 2.14 bits per heavy atom. The number of fused-ring (bicyclic) bond motifs is 1. The molecule has 0 saturated carbocycles. The van der Waals surface area contributed by atoms with E-state index in [2.05, 4.69) is 4.99 Å². The smallest absolute Gasteiger partial charge is 0.349 e. The summed E-state index contributed by atoms with van der Waals surface area (Å²) in [5.41, 5.74) is 0.402. The maximum atomic E-state index is 12.0. The van der Waals surface area contributed by atoms with Crippen LogP contribution in [0.4, 0.5) is 0 Å². The third kappa shape index (κ3) is 3.49. The van der Waals surface area contributed by atoms with Crippen LogP contribution in [-0.2, 0) is 4.74 Å². The van der Waals surface area contributed by atoms with Crippen molar-refractivity contribution in [1.82, 2.24) is 0 Å². The zero-order chi connectivity index (χ0) is 15.2. The van der Waals surface area contributed by atoms with E-state index in [-0.39, 0.29) is 11.3 Å². The van der Waals surface area contributed by atoms with Crippen molar-refractivity contribution in [2.45, 2.75) is 20.3 Å². The Kier molecular flexibility index (Phi) is 5.11. The van der Waals surface area contributed by atoms with Gasteiger partial charge in [-0.3, -0.25) is 4.99 Å². The first-order valence-electron chi connectivity index (χ1n) is 6.99. The van der Waals surface area contributed by atoms with E-state index in [4.69, 9.17) is 9.15 Å². The number of ether oxygens (including phenoxy) is 1. The average molecular weight is 289 g/mol. The predicted octanol–water partition coefficient (Wildman–Crippen LogP) is 2.73. The van der Waals surface area contributed by atoms with Crippen molar-refractivity contribution in [1.29, 1.82) is 0 Å². The molecule has 0 amide bonds. The number of hydrogen-bond donors (Lipinski definition) is 1. The minimum absolute atomic E-state index is 0.0760. The molecule has 5 heteroatoms. The quantitative estimate of drug-likeness (QED) is 0.504. The molecule has 1 aromatic heterocycles. The van der Waals surface area contributed by atoms with E-state index < -0.39 is 5.63 Å².